The average Bonchev–Trinajstić information content (AvgIpc) is 3.10. The predicted molar refractivity (Wildman–Crippen MR) is 90.9 cm³/mol. The molecule has 0 atom stereocenters. The second kappa shape index (κ2) is 6.52. The molecule has 7 heteroatoms. The molecule has 24 heavy (non-hydrogen) atoms. The van der Waals surface area contributed by atoms with Gasteiger partial charge in [0.15, 0.2) is 5.88 Å². The minimum atomic E-state index is -0.448. The third-order valence-electron chi connectivity index (χ3n) is 3.49. The van der Waals surface area contributed by atoms with Crippen LogP contribution in [0.5, 0.6) is 0 Å². The van der Waals surface area contributed by atoms with Crippen molar-refractivity contribution in [3.8, 4) is 0 Å². The Labute approximate surface area is 142 Å². The van der Waals surface area contributed by atoms with Crippen LogP contribution in [0.3, 0.4) is 0 Å². The number of hydrogen-bond acceptors (Lipinski definition) is 5. The van der Waals surface area contributed by atoms with Gasteiger partial charge >= 0.3 is 0 Å². The van der Waals surface area contributed by atoms with Crippen LogP contribution in [0.1, 0.15) is 11.3 Å². The van der Waals surface area contributed by atoms with E-state index in [4.69, 9.17) is 4.42 Å². The third kappa shape index (κ3) is 3.21. The van der Waals surface area contributed by atoms with Crippen LogP contribution in [0.25, 0.3) is 6.08 Å². The SMILES string of the molecule is CN(C)c1ccc(/C=C2\SC(=O)N(Cc3ccccc3F)C2=O)o1. The van der Waals surface area contributed by atoms with Crippen LogP contribution in [-0.4, -0.2) is 30.1 Å². The smallest absolute Gasteiger partial charge is 0.293 e. The predicted octanol–water partition coefficient (Wildman–Crippen LogP) is 3.72. The lowest BCUT2D eigenvalue weighted by atomic mass is 10.2. The van der Waals surface area contributed by atoms with Crippen molar-refractivity contribution in [3.63, 3.8) is 0 Å². The van der Waals surface area contributed by atoms with Gasteiger partial charge in [-0.3, -0.25) is 14.5 Å². The molecule has 1 aromatic heterocycles. The number of amides is 2. The first-order chi connectivity index (χ1) is 11.5. The fraction of sp³-hybridized carbons (Fsp3) is 0.176. The van der Waals surface area contributed by atoms with Crippen molar-refractivity contribution in [2.75, 3.05) is 19.0 Å². The maximum atomic E-state index is 13.7. The fourth-order valence-electron chi connectivity index (χ4n) is 2.22. The highest BCUT2D eigenvalue weighted by molar-refractivity contribution is 8.18. The highest BCUT2D eigenvalue weighted by atomic mass is 32.2. The normalized spacial score (nSPS) is 16.3. The van der Waals surface area contributed by atoms with E-state index in [9.17, 15) is 14.0 Å². The van der Waals surface area contributed by atoms with Gasteiger partial charge in [0.05, 0.1) is 11.4 Å². The van der Waals surface area contributed by atoms with Crippen molar-refractivity contribution in [1.29, 1.82) is 0 Å². The van der Waals surface area contributed by atoms with E-state index in [-0.39, 0.29) is 11.4 Å². The Morgan fingerprint density at radius 2 is 1.96 bits per heavy atom. The van der Waals surface area contributed by atoms with Gasteiger partial charge in [0, 0.05) is 31.8 Å². The number of furan rings is 1. The van der Waals surface area contributed by atoms with Crippen LogP contribution < -0.4 is 4.90 Å². The highest BCUT2D eigenvalue weighted by Crippen LogP contribution is 2.34. The lowest BCUT2D eigenvalue weighted by Crippen LogP contribution is -2.27. The molecule has 0 N–H and O–H groups in total. The Balaban J connectivity index is 1.80. The zero-order chi connectivity index (χ0) is 17.3. The molecular weight excluding hydrogens is 331 g/mol. The van der Waals surface area contributed by atoms with E-state index < -0.39 is 17.0 Å². The van der Waals surface area contributed by atoms with Crippen LogP contribution in [0.4, 0.5) is 15.1 Å². The molecule has 0 spiro atoms. The van der Waals surface area contributed by atoms with E-state index in [2.05, 4.69) is 0 Å². The van der Waals surface area contributed by atoms with E-state index >= 15 is 0 Å². The summed E-state index contributed by atoms with van der Waals surface area (Å²) in [7, 11) is 3.68. The average molecular weight is 346 g/mol. The van der Waals surface area contributed by atoms with E-state index in [1.807, 2.05) is 14.1 Å². The van der Waals surface area contributed by atoms with Gasteiger partial charge < -0.3 is 9.32 Å². The Bertz CT molecular complexity index is 829. The van der Waals surface area contributed by atoms with Crippen molar-refractivity contribution in [2.45, 2.75) is 6.54 Å². The highest BCUT2D eigenvalue weighted by Gasteiger charge is 2.35. The number of imide groups is 1. The van der Waals surface area contributed by atoms with Gasteiger partial charge in [0.25, 0.3) is 11.1 Å². The molecule has 3 rings (SSSR count). The second-order valence-corrected chi connectivity index (χ2v) is 6.42. The summed E-state index contributed by atoms with van der Waals surface area (Å²) in [6.45, 7) is -0.0875. The number of thioether (sulfide) groups is 1. The molecule has 124 valence electrons. The van der Waals surface area contributed by atoms with Crippen molar-refractivity contribution >= 4 is 34.9 Å². The topological polar surface area (TPSA) is 53.8 Å². The largest absolute Gasteiger partial charge is 0.441 e. The molecule has 2 aromatic rings. The molecule has 5 nitrogen and oxygen atoms in total. The standard InChI is InChI=1S/C17H15FN2O3S/c1-19(2)15-8-7-12(23-15)9-14-16(21)20(17(22)24-14)10-11-5-3-4-6-13(11)18/h3-9H,10H2,1-2H3/b14-9-. The molecule has 2 heterocycles. The Hall–Kier alpha value is -2.54. The molecule has 1 fully saturated rings. The molecule has 1 aliphatic rings. The van der Waals surface area contributed by atoms with Gasteiger partial charge in [0.1, 0.15) is 11.6 Å². The molecule has 0 unspecified atom stereocenters. The summed E-state index contributed by atoms with van der Waals surface area (Å²) in [6, 6.07) is 9.58. The summed E-state index contributed by atoms with van der Waals surface area (Å²) >= 11 is 0.822. The molecule has 0 saturated carbocycles. The Morgan fingerprint density at radius 3 is 2.62 bits per heavy atom. The lowest BCUT2D eigenvalue weighted by Gasteiger charge is -2.12. The quantitative estimate of drug-likeness (QED) is 0.790. The summed E-state index contributed by atoms with van der Waals surface area (Å²) in [4.78, 5) is 27.6. The zero-order valence-corrected chi connectivity index (χ0v) is 14.0. The first kappa shape index (κ1) is 16.3. The number of carbonyl (C=O) groups is 2. The van der Waals surface area contributed by atoms with Crippen molar-refractivity contribution in [3.05, 3.63) is 58.4 Å². The maximum absolute atomic E-state index is 13.7. The molecule has 0 radical (unpaired) electrons. The Morgan fingerprint density at radius 1 is 1.21 bits per heavy atom. The molecule has 1 aromatic carbocycles. The summed E-state index contributed by atoms with van der Waals surface area (Å²) in [6.07, 6.45) is 1.53. The van der Waals surface area contributed by atoms with Crippen LogP contribution in [-0.2, 0) is 11.3 Å². The van der Waals surface area contributed by atoms with Crippen LogP contribution in [0, 0.1) is 5.82 Å². The zero-order valence-electron chi connectivity index (χ0n) is 13.2. The molecule has 1 aliphatic heterocycles. The number of hydrogen-bond donors (Lipinski definition) is 0. The van der Waals surface area contributed by atoms with Crippen LogP contribution in [0.15, 0.2) is 45.7 Å². The van der Waals surface area contributed by atoms with E-state index in [1.54, 1.807) is 35.2 Å². The van der Waals surface area contributed by atoms with Crippen molar-refractivity contribution < 1.29 is 18.4 Å². The van der Waals surface area contributed by atoms with E-state index in [0.29, 0.717) is 17.2 Å². The number of benzene rings is 1. The van der Waals surface area contributed by atoms with Gasteiger partial charge in [-0.2, -0.15) is 0 Å². The summed E-state index contributed by atoms with van der Waals surface area (Å²) in [5.74, 6) is 0.236. The fourth-order valence-corrected chi connectivity index (χ4v) is 3.04. The van der Waals surface area contributed by atoms with Crippen molar-refractivity contribution in [2.24, 2.45) is 0 Å². The summed E-state index contributed by atoms with van der Waals surface area (Å²) in [5.41, 5.74) is 0.300. The molecule has 1 saturated heterocycles. The Kier molecular flexibility index (Phi) is 4.44. The molecule has 0 aliphatic carbocycles. The van der Waals surface area contributed by atoms with E-state index in [0.717, 1.165) is 16.7 Å². The van der Waals surface area contributed by atoms with Crippen molar-refractivity contribution in [1.82, 2.24) is 4.90 Å². The third-order valence-corrected chi connectivity index (χ3v) is 4.39. The van der Waals surface area contributed by atoms with Gasteiger partial charge in [-0.15, -0.1) is 0 Å². The number of nitrogens with zero attached hydrogens (tertiary/aromatic N) is 2. The maximum Gasteiger partial charge on any atom is 0.293 e. The van der Waals surface area contributed by atoms with Crippen LogP contribution in [0.2, 0.25) is 0 Å². The molecular formula is C17H15FN2O3S. The molecule has 2 amide bonds. The monoisotopic (exact) mass is 346 g/mol. The minimum Gasteiger partial charge on any atom is -0.441 e. The first-order valence-electron chi connectivity index (χ1n) is 7.21. The number of halogens is 1. The minimum absolute atomic E-state index is 0.0875. The first-order valence-corrected chi connectivity index (χ1v) is 8.03. The van der Waals surface area contributed by atoms with Gasteiger partial charge in [-0.1, -0.05) is 18.2 Å². The summed E-state index contributed by atoms with van der Waals surface area (Å²) < 4.78 is 19.3. The number of carbonyl (C=O) groups excluding carboxylic acids is 2. The van der Waals surface area contributed by atoms with Gasteiger partial charge in [0.2, 0.25) is 0 Å². The van der Waals surface area contributed by atoms with Crippen LogP contribution >= 0.6 is 11.8 Å². The number of anilines is 1. The second-order valence-electron chi connectivity index (χ2n) is 5.43. The summed E-state index contributed by atoms with van der Waals surface area (Å²) in [5, 5.41) is -0.422. The van der Waals surface area contributed by atoms with Gasteiger partial charge in [-0.05, 0) is 23.9 Å². The van der Waals surface area contributed by atoms with Gasteiger partial charge in [-0.25, -0.2) is 4.39 Å². The van der Waals surface area contributed by atoms with E-state index in [1.165, 1.54) is 12.1 Å². The molecule has 0 bridgehead atoms. The lowest BCUT2D eigenvalue weighted by molar-refractivity contribution is -0.123. The number of rotatable bonds is 4.